The molecule has 0 saturated carbocycles. The fourth-order valence-electron chi connectivity index (χ4n) is 2.54. The molecular formula is C19H18N2O4S. The number of benzene rings is 2. The van der Waals surface area contributed by atoms with E-state index in [1.807, 2.05) is 30.3 Å². The van der Waals surface area contributed by atoms with Gasteiger partial charge in [0.25, 0.3) is 0 Å². The van der Waals surface area contributed by atoms with Crippen LogP contribution in [0.5, 0.6) is 0 Å². The second-order valence-electron chi connectivity index (χ2n) is 5.58. The summed E-state index contributed by atoms with van der Waals surface area (Å²) in [6.45, 7) is 1.96. The topological polar surface area (TPSA) is 76.0 Å². The number of nitrogens with zero attached hydrogens (tertiary/aromatic N) is 2. The van der Waals surface area contributed by atoms with Crippen LogP contribution < -0.4 is 0 Å². The van der Waals surface area contributed by atoms with Crippen molar-refractivity contribution in [1.82, 2.24) is 4.31 Å². The number of rotatable bonds is 5. The van der Waals surface area contributed by atoms with Gasteiger partial charge < -0.3 is 4.74 Å². The Bertz CT molecular complexity index is 952. The van der Waals surface area contributed by atoms with Gasteiger partial charge in [0, 0.05) is 11.8 Å². The Hall–Kier alpha value is -2.93. The predicted octanol–water partition coefficient (Wildman–Crippen LogP) is 2.68. The van der Waals surface area contributed by atoms with Crippen LogP contribution in [0.2, 0.25) is 0 Å². The van der Waals surface area contributed by atoms with Gasteiger partial charge in [-0.1, -0.05) is 60.7 Å². The molecule has 0 fully saturated rings. The van der Waals surface area contributed by atoms with E-state index in [2.05, 4.69) is 4.40 Å². The minimum Gasteiger partial charge on any atom is -0.462 e. The highest BCUT2D eigenvalue weighted by molar-refractivity contribution is 7.88. The van der Waals surface area contributed by atoms with Gasteiger partial charge in [-0.05, 0) is 12.5 Å². The van der Waals surface area contributed by atoms with Crippen molar-refractivity contribution < 1.29 is 17.9 Å². The van der Waals surface area contributed by atoms with Crippen LogP contribution in [0.1, 0.15) is 18.1 Å². The molecule has 0 amide bonds. The van der Waals surface area contributed by atoms with Crippen LogP contribution in [-0.2, 0) is 26.3 Å². The summed E-state index contributed by atoms with van der Waals surface area (Å²) in [4.78, 5) is 12.4. The number of ether oxygens (including phenoxy) is 1. The van der Waals surface area contributed by atoms with Gasteiger partial charge in [-0.15, -0.1) is 4.40 Å². The summed E-state index contributed by atoms with van der Waals surface area (Å²) in [5.41, 5.74) is 1.53. The first-order valence-electron chi connectivity index (χ1n) is 8.11. The third-order valence-electron chi connectivity index (χ3n) is 3.76. The number of hydrogen-bond acceptors (Lipinski definition) is 4. The summed E-state index contributed by atoms with van der Waals surface area (Å²) in [6.07, 6.45) is 1.30. The Morgan fingerprint density at radius 2 is 1.65 bits per heavy atom. The lowest BCUT2D eigenvalue weighted by atomic mass is 10.0. The van der Waals surface area contributed by atoms with Gasteiger partial charge in [0.05, 0.1) is 13.2 Å². The van der Waals surface area contributed by atoms with Crippen molar-refractivity contribution in [3.63, 3.8) is 0 Å². The highest BCUT2D eigenvalue weighted by Gasteiger charge is 2.31. The van der Waals surface area contributed by atoms with E-state index in [0.717, 1.165) is 9.87 Å². The van der Waals surface area contributed by atoms with E-state index in [4.69, 9.17) is 4.74 Å². The first-order valence-corrected chi connectivity index (χ1v) is 9.51. The molecule has 1 heterocycles. The SMILES string of the molecule is CCOC(=O)C1=CN(Cc2ccccc2)S(=O)(=O)N=C1c1ccccc1. The molecule has 0 saturated heterocycles. The van der Waals surface area contributed by atoms with E-state index in [1.54, 1.807) is 37.3 Å². The van der Waals surface area contributed by atoms with Crippen LogP contribution in [0.25, 0.3) is 0 Å². The zero-order valence-electron chi connectivity index (χ0n) is 14.2. The van der Waals surface area contributed by atoms with Crippen LogP contribution in [0.15, 0.2) is 76.8 Å². The van der Waals surface area contributed by atoms with Crippen molar-refractivity contribution in [3.05, 3.63) is 83.6 Å². The average molecular weight is 370 g/mol. The third-order valence-corrected chi connectivity index (χ3v) is 5.00. The zero-order valence-corrected chi connectivity index (χ0v) is 15.0. The lowest BCUT2D eigenvalue weighted by molar-refractivity contribution is -0.137. The highest BCUT2D eigenvalue weighted by atomic mass is 32.2. The second kappa shape index (κ2) is 7.53. The minimum atomic E-state index is -3.96. The summed E-state index contributed by atoms with van der Waals surface area (Å²) in [6, 6.07) is 17.8. The van der Waals surface area contributed by atoms with Crippen LogP contribution in [0, 0.1) is 0 Å². The van der Waals surface area contributed by atoms with E-state index in [-0.39, 0.29) is 24.4 Å². The first-order chi connectivity index (χ1) is 12.5. The van der Waals surface area contributed by atoms with Crippen molar-refractivity contribution in [2.75, 3.05) is 6.61 Å². The van der Waals surface area contributed by atoms with Crippen LogP contribution in [-0.4, -0.2) is 31.0 Å². The standard InChI is InChI=1S/C19H18N2O4S/c1-2-25-19(22)17-14-21(13-15-9-5-3-6-10-15)26(23,24)20-18(17)16-11-7-4-8-12-16/h3-12,14H,2,13H2,1H3. The van der Waals surface area contributed by atoms with E-state index < -0.39 is 16.2 Å². The Balaban J connectivity index is 2.04. The molecule has 2 aromatic carbocycles. The van der Waals surface area contributed by atoms with Gasteiger partial charge in [0.2, 0.25) is 0 Å². The van der Waals surface area contributed by atoms with E-state index in [0.29, 0.717) is 5.56 Å². The Morgan fingerprint density at radius 1 is 1.04 bits per heavy atom. The summed E-state index contributed by atoms with van der Waals surface area (Å²) < 4.78 is 35.3. The molecule has 0 bridgehead atoms. The lowest BCUT2D eigenvalue weighted by Crippen LogP contribution is -2.33. The van der Waals surface area contributed by atoms with Crippen LogP contribution >= 0.6 is 0 Å². The molecule has 0 spiro atoms. The van der Waals surface area contributed by atoms with Crippen LogP contribution in [0.4, 0.5) is 0 Å². The molecular weight excluding hydrogens is 352 g/mol. The Labute approximate surface area is 152 Å². The molecule has 2 aromatic rings. The molecule has 0 radical (unpaired) electrons. The van der Waals surface area contributed by atoms with Crippen LogP contribution in [0.3, 0.4) is 0 Å². The van der Waals surface area contributed by atoms with Gasteiger partial charge in [0.1, 0.15) is 11.3 Å². The maximum atomic E-state index is 12.6. The summed E-state index contributed by atoms with van der Waals surface area (Å²) in [7, 11) is -3.96. The molecule has 26 heavy (non-hydrogen) atoms. The molecule has 0 N–H and O–H groups in total. The molecule has 1 aliphatic heterocycles. The summed E-state index contributed by atoms with van der Waals surface area (Å²) in [5, 5.41) is 0. The molecule has 6 nitrogen and oxygen atoms in total. The molecule has 0 aromatic heterocycles. The van der Waals surface area contributed by atoms with Crippen molar-refractivity contribution in [2.45, 2.75) is 13.5 Å². The Morgan fingerprint density at radius 3 is 2.27 bits per heavy atom. The average Bonchev–Trinajstić information content (AvgIpc) is 2.64. The quantitative estimate of drug-likeness (QED) is 0.759. The van der Waals surface area contributed by atoms with Gasteiger partial charge in [0.15, 0.2) is 0 Å². The predicted molar refractivity (Wildman–Crippen MR) is 98.6 cm³/mol. The maximum absolute atomic E-state index is 12.6. The van der Waals surface area contributed by atoms with Crippen molar-refractivity contribution in [1.29, 1.82) is 0 Å². The maximum Gasteiger partial charge on any atom is 0.345 e. The molecule has 0 atom stereocenters. The second-order valence-corrected chi connectivity index (χ2v) is 7.13. The normalized spacial score (nSPS) is 15.8. The van der Waals surface area contributed by atoms with Crippen molar-refractivity contribution in [2.24, 2.45) is 4.40 Å². The summed E-state index contributed by atoms with van der Waals surface area (Å²) >= 11 is 0. The molecule has 1 aliphatic rings. The van der Waals surface area contributed by atoms with E-state index >= 15 is 0 Å². The fraction of sp³-hybridized carbons (Fsp3) is 0.158. The van der Waals surface area contributed by atoms with Crippen molar-refractivity contribution >= 4 is 21.9 Å². The third kappa shape index (κ3) is 3.83. The largest absolute Gasteiger partial charge is 0.462 e. The highest BCUT2D eigenvalue weighted by Crippen LogP contribution is 2.23. The minimum absolute atomic E-state index is 0.0810. The van der Waals surface area contributed by atoms with Gasteiger partial charge in [-0.2, -0.15) is 8.42 Å². The van der Waals surface area contributed by atoms with Gasteiger partial charge in [-0.25, -0.2) is 4.79 Å². The van der Waals surface area contributed by atoms with E-state index in [1.165, 1.54) is 6.20 Å². The van der Waals surface area contributed by atoms with Crippen molar-refractivity contribution in [3.8, 4) is 0 Å². The lowest BCUT2D eigenvalue weighted by Gasteiger charge is -2.24. The van der Waals surface area contributed by atoms with E-state index in [9.17, 15) is 13.2 Å². The molecule has 0 aliphatic carbocycles. The van der Waals surface area contributed by atoms with Gasteiger partial charge in [-0.3, -0.25) is 4.31 Å². The number of carbonyl (C=O) groups is 1. The Kier molecular flexibility index (Phi) is 5.18. The molecule has 7 heteroatoms. The molecule has 0 unspecified atom stereocenters. The zero-order chi connectivity index (χ0) is 18.6. The number of esters is 1. The summed E-state index contributed by atoms with van der Waals surface area (Å²) in [5.74, 6) is -0.608. The first kappa shape index (κ1) is 17.9. The van der Waals surface area contributed by atoms with Gasteiger partial charge >= 0.3 is 16.2 Å². The number of hydrogen-bond donors (Lipinski definition) is 0. The molecule has 3 rings (SSSR count). The number of carbonyl (C=O) groups excluding carboxylic acids is 1. The smallest absolute Gasteiger partial charge is 0.345 e. The fourth-order valence-corrected chi connectivity index (χ4v) is 3.63. The molecule has 134 valence electrons. The monoisotopic (exact) mass is 370 g/mol.